The van der Waals surface area contributed by atoms with Gasteiger partial charge in [-0.05, 0) is 37.1 Å². The third kappa shape index (κ3) is 5.38. The van der Waals surface area contributed by atoms with E-state index in [0.717, 1.165) is 31.1 Å². The zero-order chi connectivity index (χ0) is 11.6. The van der Waals surface area contributed by atoms with Crippen LogP contribution in [0.4, 0.5) is 0 Å². The molecule has 0 aliphatic rings. The topological polar surface area (TPSA) is 21.3 Å². The van der Waals surface area contributed by atoms with E-state index in [4.69, 9.17) is 16.3 Å². The molecule has 0 amide bonds. The van der Waals surface area contributed by atoms with E-state index in [2.05, 4.69) is 17.4 Å². The zero-order valence-electron chi connectivity index (χ0n) is 9.84. The Morgan fingerprint density at radius 2 is 2.12 bits per heavy atom. The number of ether oxygens (including phenoxy) is 1. The number of methoxy groups -OCH3 is 1. The molecule has 0 radical (unpaired) electrons. The normalized spacial score (nSPS) is 10.4. The first-order valence-electron chi connectivity index (χ1n) is 5.76. The van der Waals surface area contributed by atoms with Crippen molar-refractivity contribution in [2.75, 3.05) is 19.5 Å². The van der Waals surface area contributed by atoms with Gasteiger partial charge in [-0.15, -0.1) is 11.6 Å². The molecule has 0 unspecified atom stereocenters. The average molecular weight is 242 g/mol. The molecule has 90 valence electrons. The Labute approximate surface area is 103 Å². The molecule has 3 heteroatoms. The summed E-state index contributed by atoms with van der Waals surface area (Å²) in [4.78, 5) is 0. The molecule has 1 aromatic carbocycles. The number of benzene rings is 1. The van der Waals surface area contributed by atoms with Gasteiger partial charge in [-0.1, -0.05) is 18.6 Å². The van der Waals surface area contributed by atoms with Gasteiger partial charge in [0.15, 0.2) is 0 Å². The molecule has 0 saturated carbocycles. The lowest BCUT2D eigenvalue weighted by Gasteiger charge is -2.06. The van der Waals surface area contributed by atoms with Crippen LogP contribution in [0.2, 0.25) is 0 Å². The lowest BCUT2D eigenvalue weighted by molar-refractivity contribution is 0.414. The van der Waals surface area contributed by atoms with Crippen molar-refractivity contribution in [1.82, 2.24) is 5.32 Å². The van der Waals surface area contributed by atoms with Crippen LogP contribution in [-0.4, -0.2) is 19.5 Å². The highest BCUT2D eigenvalue weighted by molar-refractivity contribution is 6.17. The summed E-state index contributed by atoms with van der Waals surface area (Å²) in [6.45, 7) is 1.95. The van der Waals surface area contributed by atoms with Gasteiger partial charge in [0.25, 0.3) is 0 Å². The molecule has 0 aliphatic carbocycles. The van der Waals surface area contributed by atoms with Crippen molar-refractivity contribution < 1.29 is 4.74 Å². The highest BCUT2D eigenvalue weighted by Gasteiger charge is 1.95. The summed E-state index contributed by atoms with van der Waals surface area (Å²) in [6.07, 6.45) is 3.51. The molecule has 0 bridgehead atoms. The van der Waals surface area contributed by atoms with Gasteiger partial charge in [0.05, 0.1) is 7.11 Å². The van der Waals surface area contributed by atoms with Crippen molar-refractivity contribution in [3.05, 3.63) is 29.8 Å². The third-order valence-corrected chi connectivity index (χ3v) is 2.72. The Hall–Kier alpha value is -0.730. The van der Waals surface area contributed by atoms with Crippen LogP contribution in [-0.2, 0) is 6.54 Å². The number of nitrogens with one attached hydrogen (secondary N) is 1. The summed E-state index contributed by atoms with van der Waals surface area (Å²) >= 11 is 5.61. The number of halogens is 1. The summed E-state index contributed by atoms with van der Waals surface area (Å²) < 4.78 is 5.17. The van der Waals surface area contributed by atoms with Gasteiger partial charge in [-0.2, -0.15) is 0 Å². The zero-order valence-corrected chi connectivity index (χ0v) is 10.6. The molecule has 1 rings (SSSR count). The number of rotatable bonds is 8. The number of alkyl halides is 1. The van der Waals surface area contributed by atoms with Crippen LogP contribution in [0.25, 0.3) is 0 Å². The second kappa shape index (κ2) is 8.43. The molecule has 0 atom stereocenters. The maximum Gasteiger partial charge on any atom is 0.119 e. The molecular weight excluding hydrogens is 222 g/mol. The molecule has 0 aliphatic heterocycles. The predicted octanol–water partition coefficient (Wildman–Crippen LogP) is 3.19. The maximum absolute atomic E-state index is 5.61. The SMILES string of the molecule is COc1cccc(CNCCCCCCl)c1. The summed E-state index contributed by atoms with van der Waals surface area (Å²) in [5.74, 6) is 1.69. The first-order valence-corrected chi connectivity index (χ1v) is 6.30. The van der Waals surface area contributed by atoms with Crippen molar-refractivity contribution in [1.29, 1.82) is 0 Å². The quantitative estimate of drug-likeness (QED) is 0.558. The van der Waals surface area contributed by atoms with Gasteiger partial charge in [0.1, 0.15) is 5.75 Å². The van der Waals surface area contributed by atoms with Gasteiger partial charge >= 0.3 is 0 Å². The standard InChI is InChI=1S/C13H20ClNO/c1-16-13-7-5-6-12(10-13)11-15-9-4-2-3-8-14/h5-7,10,15H,2-4,8-9,11H2,1H3. The average Bonchev–Trinajstić information content (AvgIpc) is 2.34. The maximum atomic E-state index is 5.61. The van der Waals surface area contributed by atoms with Crippen LogP contribution < -0.4 is 10.1 Å². The van der Waals surface area contributed by atoms with Crippen LogP contribution in [0.3, 0.4) is 0 Å². The van der Waals surface area contributed by atoms with Crippen molar-refractivity contribution in [3.63, 3.8) is 0 Å². The van der Waals surface area contributed by atoms with E-state index < -0.39 is 0 Å². The summed E-state index contributed by atoms with van der Waals surface area (Å²) in [6, 6.07) is 8.15. The molecule has 2 nitrogen and oxygen atoms in total. The highest BCUT2D eigenvalue weighted by atomic mass is 35.5. The number of hydrogen-bond acceptors (Lipinski definition) is 2. The van der Waals surface area contributed by atoms with Gasteiger partial charge in [-0.3, -0.25) is 0 Å². The van der Waals surface area contributed by atoms with E-state index in [-0.39, 0.29) is 0 Å². The van der Waals surface area contributed by atoms with Crippen molar-refractivity contribution in [2.45, 2.75) is 25.8 Å². The largest absolute Gasteiger partial charge is 0.497 e. The van der Waals surface area contributed by atoms with Crippen molar-refractivity contribution in [3.8, 4) is 5.75 Å². The third-order valence-electron chi connectivity index (χ3n) is 2.45. The van der Waals surface area contributed by atoms with Gasteiger partial charge in [0.2, 0.25) is 0 Å². The number of hydrogen-bond donors (Lipinski definition) is 1. The Morgan fingerprint density at radius 3 is 2.88 bits per heavy atom. The Bertz CT molecular complexity index is 291. The first kappa shape index (κ1) is 13.3. The van der Waals surface area contributed by atoms with Crippen LogP contribution in [0.15, 0.2) is 24.3 Å². The van der Waals surface area contributed by atoms with E-state index in [1.54, 1.807) is 7.11 Å². The van der Waals surface area contributed by atoms with E-state index >= 15 is 0 Å². The Morgan fingerprint density at radius 1 is 1.25 bits per heavy atom. The number of unbranched alkanes of at least 4 members (excludes halogenated alkanes) is 2. The molecule has 0 heterocycles. The van der Waals surface area contributed by atoms with E-state index in [0.29, 0.717) is 0 Å². The van der Waals surface area contributed by atoms with Gasteiger partial charge < -0.3 is 10.1 Å². The van der Waals surface area contributed by atoms with Crippen LogP contribution in [0.1, 0.15) is 24.8 Å². The minimum atomic E-state index is 0.774. The predicted molar refractivity (Wildman–Crippen MR) is 69.3 cm³/mol. The lowest BCUT2D eigenvalue weighted by Crippen LogP contribution is -2.14. The Balaban J connectivity index is 2.16. The molecule has 1 N–H and O–H groups in total. The van der Waals surface area contributed by atoms with Crippen LogP contribution >= 0.6 is 11.6 Å². The minimum Gasteiger partial charge on any atom is -0.497 e. The van der Waals surface area contributed by atoms with Gasteiger partial charge in [0, 0.05) is 12.4 Å². The Kier molecular flexibility index (Phi) is 7.02. The van der Waals surface area contributed by atoms with Crippen LogP contribution in [0, 0.1) is 0 Å². The second-order valence-electron chi connectivity index (χ2n) is 3.78. The highest BCUT2D eigenvalue weighted by Crippen LogP contribution is 2.12. The van der Waals surface area contributed by atoms with Gasteiger partial charge in [-0.25, -0.2) is 0 Å². The summed E-state index contributed by atoms with van der Waals surface area (Å²) in [5.41, 5.74) is 1.26. The summed E-state index contributed by atoms with van der Waals surface area (Å²) in [7, 11) is 1.69. The minimum absolute atomic E-state index is 0.774. The van der Waals surface area contributed by atoms with E-state index in [1.807, 2.05) is 12.1 Å². The fraction of sp³-hybridized carbons (Fsp3) is 0.538. The smallest absolute Gasteiger partial charge is 0.119 e. The molecule has 0 aromatic heterocycles. The van der Waals surface area contributed by atoms with E-state index in [1.165, 1.54) is 18.4 Å². The van der Waals surface area contributed by atoms with Crippen molar-refractivity contribution in [2.24, 2.45) is 0 Å². The fourth-order valence-electron chi connectivity index (χ4n) is 1.54. The van der Waals surface area contributed by atoms with Crippen LogP contribution in [0.5, 0.6) is 5.75 Å². The molecule has 0 saturated heterocycles. The molecular formula is C13H20ClNO. The molecule has 0 fully saturated rings. The monoisotopic (exact) mass is 241 g/mol. The first-order chi connectivity index (χ1) is 7.86. The fourth-order valence-corrected chi connectivity index (χ4v) is 1.73. The molecule has 16 heavy (non-hydrogen) atoms. The second-order valence-corrected chi connectivity index (χ2v) is 4.16. The van der Waals surface area contributed by atoms with E-state index in [9.17, 15) is 0 Å². The molecule has 1 aromatic rings. The van der Waals surface area contributed by atoms with Crippen molar-refractivity contribution >= 4 is 11.6 Å². The summed E-state index contributed by atoms with van der Waals surface area (Å²) in [5, 5.41) is 3.41. The lowest BCUT2D eigenvalue weighted by atomic mass is 10.2. The molecule has 0 spiro atoms.